The molecule has 0 aromatic heterocycles. The van der Waals surface area contributed by atoms with E-state index in [1.54, 1.807) is 12.1 Å². The highest BCUT2D eigenvalue weighted by Gasteiger charge is 2.26. The first-order chi connectivity index (χ1) is 9.60. The minimum Gasteiger partial charge on any atom is -0.390 e. The van der Waals surface area contributed by atoms with Crippen LogP contribution in [0.25, 0.3) is 0 Å². The highest BCUT2D eigenvalue weighted by Crippen LogP contribution is 2.19. The van der Waals surface area contributed by atoms with Crippen LogP contribution < -0.4 is 0 Å². The molecule has 1 aliphatic heterocycles. The van der Waals surface area contributed by atoms with Crippen LogP contribution in [0.5, 0.6) is 0 Å². The van der Waals surface area contributed by atoms with E-state index in [1.807, 2.05) is 0 Å². The smallest absolute Gasteiger partial charge is 0.137 e. The molecule has 2 atom stereocenters. The van der Waals surface area contributed by atoms with Gasteiger partial charge in [0.05, 0.1) is 23.3 Å². The van der Waals surface area contributed by atoms with Crippen molar-refractivity contribution in [2.75, 3.05) is 26.2 Å². The van der Waals surface area contributed by atoms with Gasteiger partial charge in [-0.3, -0.25) is 4.90 Å². The first-order valence-electron chi connectivity index (χ1n) is 7.06. The van der Waals surface area contributed by atoms with Crippen LogP contribution >= 0.6 is 15.9 Å². The van der Waals surface area contributed by atoms with E-state index in [4.69, 9.17) is 4.74 Å². The summed E-state index contributed by atoms with van der Waals surface area (Å²) < 4.78 is 19.3. The van der Waals surface area contributed by atoms with Crippen LogP contribution in [0.15, 0.2) is 22.7 Å². The summed E-state index contributed by atoms with van der Waals surface area (Å²) in [7, 11) is 0. The second kappa shape index (κ2) is 7.50. The van der Waals surface area contributed by atoms with E-state index in [1.165, 1.54) is 6.07 Å². The molecule has 0 bridgehead atoms. The highest BCUT2D eigenvalue weighted by atomic mass is 79.9. The van der Waals surface area contributed by atoms with Gasteiger partial charge in [0.25, 0.3) is 0 Å². The Balaban J connectivity index is 1.93. The van der Waals surface area contributed by atoms with Crippen LogP contribution in [0.2, 0.25) is 0 Å². The van der Waals surface area contributed by atoms with E-state index < -0.39 is 6.10 Å². The Morgan fingerprint density at radius 2 is 2.35 bits per heavy atom. The number of rotatable bonds is 5. The van der Waals surface area contributed by atoms with Gasteiger partial charge in [0, 0.05) is 19.5 Å². The molecule has 0 saturated carbocycles. The predicted molar refractivity (Wildman–Crippen MR) is 80.3 cm³/mol. The summed E-state index contributed by atoms with van der Waals surface area (Å²) in [4.78, 5) is 2.32. The third-order valence-electron chi connectivity index (χ3n) is 3.58. The number of hydrogen-bond acceptors (Lipinski definition) is 3. The summed E-state index contributed by atoms with van der Waals surface area (Å²) in [6.07, 6.45) is 0.850. The largest absolute Gasteiger partial charge is 0.390 e. The lowest BCUT2D eigenvalue weighted by molar-refractivity contribution is -0.0877. The fourth-order valence-corrected chi connectivity index (χ4v) is 2.95. The van der Waals surface area contributed by atoms with Crippen LogP contribution in [0.3, 0.4) is 0 Å². The topological polar surface area (TPSA) is 32.7 Å². The van der Waals surface area contributed by atoms with E-state index in [-0.39, 0.29) is 11.9 Å². The van der Waals surface area contributed by atoms with Crippen molar-refractivity contribution in [1.29, 1.82) is 0 Å². The lowest BCUT2D eigenvalue weighted by atomic mass is 10.0. The van der Waals surface area contributed by atoms with Gasteiger partial charge in [0.1, 0.15) is 5.82 Å². The van der Waals surface area contributed by atoms with Crippen molar-refractivity contribution in [1.82, 2.24) is 4.90 Å². The first-order valence-corrected chi connectivity index (χ1v) is 7.85. The Kier molecular flexibility index (Phi) is 5.96. The number of nitrogens with zero attached hydrogens (tertiary/aromatic N) is 1. The maximum absolute atomic E-state index is 13.2. The van der Waals surface area contributed by atoms with Crippen molar-refractivity contribution in [3.05, 3.63) is 34.1 Å². The zero-order valence-corrected chi connectivity index (χ0v) is 13.3. The molecule has 0 aliphatic carbocycles. The molecule has 1 aromatic carbocycles. The van der Waals surface area contributed by atoms with E-state index >= 15 is 0 Å². The summed E-state index contributed by atoms with van der Waals surface area (Å²) >= 11 is 3.17. The zero-order valence-electron chi connectivity index (χ0n) is 11.7. The molecule has 2 unspecified atom stereocenters. The molecule has 2 rings (SSSR count). The van der Waals surface area contributed by atoms with Crippen molar-refractivity contribution < 1.29 is 14.2 Å². The van der Waals surface area contributed by atoms with Crippen molar-refractivity contribution in [2.24, 2.45) is 0 Å². The van der Waals surface area contributed by atoms with Crippen LogP contribution in [0, 0.1) is 5.82 Å². The van der Waals surface area contributed by atoms with Crippen LogP contribution in [0.4, 0.5) is 4.39 Å². The molecule has 5 heteroatoms. The van der Waals surface area contributed by atoms with Gasteiger partial charge in [-0.15, -0.1) is 0 Å². The number of benzene rings is 1. The monoisotopic (exact) mass is 345 g/mol. The van der Waals surface area contributed by atoms with Crippen molar-refractivity contribution >= 4 is 15.9 Å². The standard InChI is InChI=1S/C15H21BrFNO2/c1-2-5-18-6-7-20-15(10-18)14(19)9-11-3-4-13(17)12(16)8-11/h3-4,8,14-15,19H,2,5-7,9-10H2,1H3. The van der Waals surface area contributed by atoms with Gasteiger partial charge >= 0.3 is 0 Å². The summed E-state index contributed by atoms with van der Waals surface area (Å²) in [5.41, 5.74) is 0.905. The Hall–Kier alpha value is -0.490. The molecule has 3 nitrogen and oxygen atoms in total. The molecule has 0 radical (unpaired) electrons. The maximum atomic E-state index is 13.2. The van der Waals surface area contributed by atoms with Gasteiger partial charge in [0.2, 0.25) is 0 Å². The lowest BCUT2D eigenvalue weighted by Gasteiger charge is -2.35. The summed E-state index contributed by atoms with van der Waals surface area (Å²) in [6.45, 7) is 5.54. The Bertz CT molecular complexity index is 442. The molecule has 0 amide bonds. The Morgan fingerprint density at radius 3 is 3.05 bits per heavy atom. The highest BCUT2D eigenvalue weighted by molar-refractivity contribution is 9.10. The number of hydrogen-bond donors (Lipinski definition) is 1. The average Bonchev–Trinajstić information content (AvgIpc) is 2.43. The number of morpholine rings is 1. The van der Waals surface area contributed by atoms with Crippen LogP contribution in [-0.2, 0) is 11.2 Å². The molecule has 1 aliphatic rings. The lowest BCUT2D eigenvalue weighted by Crippen LogP contribution is -2.48. The van der Waals surface area contributed by atoms with Crippen molar-refractivity contribution in [3.63, 3.8) is 0 Å². The molecule has 1 heterocycles. The third-order valence-corrected chi connectivity index (χ3v) is 4.18. The number of aliphatic hydroxyl groups is 1. The summed E-state index contributed by atoms with van der Waals surface area (Å²) in [5, 5.41) is 10.3. The maximum Gasteiger partial charge on any atom is 0.137 e. The van der Waals surface area contributed by atoms with Gasteiger partial charge in [-0.2, -0.15) is 0 Å². The predicted octanol–water partition coefficient (Wildman–Crippen LogP) is 2.60. The van der Waals surface area contributed by atoms with E-state index in [0.29, 0.717) is 17.5 Å². The molecule has 1 fully saturated rings. The second-order valence-electron chi connectivity index (χ2n) is 5.23. The normalized spacial score (nSPS) is 21.9. The van der Waals surface area contributed by atoms with E-state index in [2.05, 4.69) is 27.8 Å². The van der Waals surface area contributed by atoms with E-state index in [9.17, 15) is 9.50 Å². The quantitative estimate of drug-likeness (QED) is 0.890. The molecule has 1 saturated heterocycles. The zero-order chi connectivity index (χ0) is 14.5. The van der Waals surface area contributed by atoms with Crippen LogP contribution in [-0.4, -0.2) is 48.5 Å². The molecular formula is C15H21BrFNO2. The van der Waals surface area contributed by atoms with Crippen molar-refractivity contribution in [2.45, 2.75) is 32.0 Å². The van der Waals surface area contributed by atoms with E-state index in [0.717, 1.165) is 31.6 Å². The molecule has 20 heavy (non-hydrogen) atoms. The summed E-state index contributed by atoms with van der Waals surface area (Å²) in [6, 6.07) is 4.83. The Labute approximate surface area is 127 Å². The second-order valence-corrected chi connectivity index (χ2v) is 6.08. The molecule has 1 N–H and O–H groups in total. The van der Waals surface area contributed by atoms with Crippen LogP contribution in [0.1, 0.15) is 18.9 Å². The Morgan fingerprint density at radius 1 is 1.55 bits per heavy atom. The SMILES string of the molecule is CCCN1CCOC(C(O)Cc2ccc(F)c(Br)c2)C1. The minimum absolute atomic E-state index is 0.167. The number of aliphatic hydroxyl groups excluding tert-OH is 1. The fourth-order valence-electron chi connectivity index (χ4n) is 2.52. The van der Waals surface area contributed by atoms with Gasteiger partial charge in [-0.05, 0) is 46.6 Å². The minimum atomic E-state index is -0.563. The fraction of sp³-hybridized carbons (Fsp3) is 0.600. The first kappa shape index (κ1) is 15.9. The van der Waals surface area contributed by atoms with Gasteiger partial charge in [-0.1, -0.05) is 13.0 Å². The van der Waals surface area contributed by atoms with Gasteiger partial charge in [0.15, 0.2) is 0 Å². The number of ether oxygens (including phenoxy) is 1. The molecular weight excluding hydrogens is 325 g/mol. The number of halogens is 2. The van der Waals surface area contributed by atoms with Gasteiger partial charge < -0.3 is 9.84 Å². The molecule has 0 spiro atoms. The molecule has 1 aromatic rings. The van der Waals surface area contributed by atoms with Crippen molar-refractivity contribution in [3.8, 4) is 0 Å². The average molecular weight is 346 g/mol. The molecule has 112 valence electrons. The summed E-state index contributed by atoms with van der Waals surface area (Å²) in [5.74, 6) is -0.286. The third kappa shape index (κ3) is 4.25. The van der Waals surface area contributed by atoms with Gasteiger partial charge in [-0.25, -0.2) is 4.39 Å².